The van der Waals surface area contributed by atoms with Crippen LogP contribution in [0.3, 0.4) is 0 Å². The number of hydrogen-bond donors (Lipinski definition) is 4. The summed E-state index contributed by atoms with van der Waals surface area (Å²) in [5.74, 6) is 0.416. The molecule has 7 heteroatoms. The molecule has 6 nitrogen and oxygen atoms in total. The molecule has 0 bridgehead atoms. The highest BCUT2D eigenvalue weighted by Gasteiger charge is 2.12. The molecule has 0 aliphatic carbocycles. The molecule has 0 spiro atoms. The van der Waals surface area contributed by atoms with E-state index >= 15 is 0 Å². The average molecular weight is 344 g/mol. The molecule has 0 aliphatic rings. The lowest BCUT2D eigenvalue weighted by molar-refractivity contribution is 0.399. The highest BCUT2D eigenvalue weighted by Crippen LogP contribution is 2.26. The van der Waals surface area contributed by atoms with Crippen molar-refractivity contribution in [2.24, 2.45) is 0 Å². The second-order valence-corrected chi connectivity index (χ2v) is 5.92. The molecule has 134 valence electrons. The van der Waals surface area contributed by atoms with Crippen LogP contribution in [0.4, 0.5) is 21.6 Å². The molecule has 0 radical (unpaired) electrons. The van der Waals surface area contributed by atoms with Gasteiger partial charge in [0.2, 0.25) is 0 Å². The van der Waals surface area contributed by atoms with E-state index in [0.29, 0.717) is 17.9 Å². The normalized spacial score (nSPS) is 10.8. The molecule has 0 amide bonds. The zero-order valence-corrected chi connectivity index (χ0v) is 14.9. The van der Waals surface area contributed by atoms with Crippen LogP contribution in [-0.2, 0) is 6.54 Å². The minimum absolute atomic E-state index is 0.285. The van der Waals surface area contributed by atoms with Crippen LogP contribution in [0, 0.1) is 11.2 Å². The van der Waals surface area contributed by atoms with E-state index in [2.05, 4.69) is 25.8 Å². The van der Waals surface area contributed by atoms with Gasteiger partial charge < -0.3 is 26.3 Å². The molecule has 1 aromatic heterocycles. The van der Waals surface area contributed by atoms with E-state index < -0.39 is 0 Å². The number of hydrogen-bond acceptors (Lipinski definition) is 6. The summed E-state index contributed by atoms with van der Waals surface area (Å²) in [6.45, 7) is 2.31. The van der Waals surface area contributed by atoms with Crippen LogP contribution in [0.15, 0.2) is 30.3 Å². The predicted octanol–water partition coefficient (Wildman–Crippen LogP) is 2.65. The maximum Gasteiger partial charge on any atom is 0.126 e. The third kappa shape index (κ3) is 5.51. The summed E-state index contributed by atoms with van der Waals surface area (Å²) in [4.78, 5) is 6.71. The van der Waals surface area contributed by atoms with Crippen LogP contribution in [0.1, 0.15) is 11.3 Å². The van der Waals surface area contributed by atoms with Gasteiger partial charge in [-0.05, 0) is 44.4 Å². The topological polar surface area (TPSA) is 76.1 Å². The van der Waals surface area contributed by atoms with Crippen LogP contribution in [0.2, 0.25) is 0 Å². The zero-order chi connectivity index (χ0) is 18.2. The van der Waals surface area contributed by atoms with Crippen molar-refractivity contribution in [3.05, 3.63) is 47.4 Å². The first kappa shape index (κ1) is 18.8. The van der Waals surface area contributed by atoms with Crippen molar-refractivity contribution in [1.29, 1.82) is 5.41 Å². The van der Waals surface area contributed by atoms with Gasteiger partial charge in [-0.25, -0.2) is 9.37 Å². The van der Waals surface area contributed by atoms with Gasteiger partial charge in [-0.3, -0.25) is 0 Å². The molecule has 2 aromatic rings. The molecule has 0 aliphatic heterocycles. The maximum absolute atomic E-state index is 13.1. The number of aromatic nitrogens is 1. The standard InChI is InChI=1S/C18H25FN6/c1-21-17-10-13(11-20)18(23-15-6-4-14(19)5-7-15)16(24-17)12-22-8-9-25(2)3/h4-7,10-11,20,22-23H,8-9,12H2,1-3H3,(H,21,24). The van der Waals surface area contributed by atoms with Crippen molar-refractivity contribution in [1.82, 2.24) is 15.2 Å². The largest absolute Gasteiger partial charge is 0.373 e. The second kappa shape index (κ2) is 9.10. The quantitative estimate of drug-likeness (QED) is 0.416. The Bertz CT molecular complexity index is 699. The highest BCUT2D eigenvalue weighted by molar-refractivity contribution is 5.89. The summed E-state index contributed by atoms with van der Waals surface area (Å²) in [6.07, 6.45) is 1.29. The van der Waals surface area contributed by atoms with Crippen molar-refractivity contribution in [3.8, 4) is 0 Å². The lowest BCUT2D eigenvalue weighted by Crippen LogP contribution is -2.27. The molecule has 25 heavy (non-hydrogen) atoms. The molecular weight excluding hydrogens is 319 g/mol. The highest BCUT2D eigenvalue weighted by atomic mass is 19.1. The summed E-state index contributed by atoms with van der Waals surface area (Å²) >= 11 is 0. The van der Waals surface area contributed by atoms with Crippen molar-refractivity contribution in [2.45, 2.75) is 6.54 Å². The Labute approximate surface area is 148 Å². The third-order valence-electron chi connectivity index (χ3n) is 3.68. The SMILES string of the molecule is CNc1cc(C=N)c(Nc2ccc(F)cc2)c(CNCCN(C)C)n1. The fraction of sp³-hybridized carbons (Fsp3) is 0.333. The molecule has 0 saturated carbocycles. The molecule has 0 fully saturated rings. The van der Waals surface area contributed by atoms with E-state index in [9.17, 15) is 4.39 Å². The molecule has 2 rings (SSSR count). The van der Waals surface area contributed by atoms with Crippen LogP contribution in [0.25, 0.3) is 0 Å². The number of anilines is 3. The van der Waals surface area contributed by atoms with E-state index in [1.807, 2.05) is 20.2 Å². The summed E-state index contributed by atoms with van der Waals surface area (Å²) < 4.78 is 13.1. The Morgan fingerprint density at radius 2 is 1.96 bits per heavy atom. The average Bonchev–Trinajstić information content (AvgIpc) is 2.61. The summed E-state index contributed by atoms with van der Waals surface area (Å²) in [7, 11) is 5.85. The maximum atomic E-state index is 13.1. The van der Waals surface area contributed by atoms with Gasteiger partial charge >= 0.3 is 0 Å². The molecule has 0 saturated heterocycles. The minimum atomic E-state index is -0.285. The van der Waals surface area contributed by atoms with Crippen LogP contribution in [0.5, 0.6) is 0 Å². The summed E-state index contributed by atoms with van der Waals surface area (Å²) in [5, 5.41) is 17.4. The first-order chi connectivity index (χ1) is 12.0. The number of benzene rings is 1. The summed E-state index contributed by atoms with van der Waals surface area (Å²) in [6, 6.07) is 7.94. The first-order valence-electron chi connectivity index (χ1n) is 8.13. The van der Waals surface area contributed by atoms with Crippen LogP contribution in [-0.4, -0.2) is 50.3 Å². The first-order valence-corrected chi connectivity index (χ1v) is 8.13. The van der Waals surface area contributed by atoms with Crippen molar-refractivity contribution >= 4 is 23.4 Å². The Kier molecular flexibility index (Phi) is 6.85. The van der Waals surface area contributed by atoms with E-state index in [4.69, 9.17) is 5.41 Å². The number of halogens is 1. The fourth-order valence-electron chi connectivity index (χ4n) is 2.32. The van der Waals surface area contributed by atoms with Gasteiger partial charge in [0, 0.05) is 44.1 Å². The molecule has 4 N–H and O–H groups in total. The van der Waals surface area contributed by atoms with Gasteiger partial charge in [0.1, 0.15) is 11.6 Å². The minimum Gasteiger partial charge on any atom is -0.373 e. The number of likely N-dealkylation sites (N-methyl/N-ethyl adjacent to an activating group) is 1. The number of nitrogens with zero attached hydrogens (tertiary/aromatic N) is 2. The fourth-order valence-corrected chi connectivity index (χ4v) is 2.32. The second-order valence-electron chi connectivity index (χ2n) is 5.92. The lowest BCUT2D eigenvalue weighted by Gasteiger charge is -2.17. The number of pyridine rings is 1. The Morgan fingerprint density at radius 1 is 1.24 bits per heavy atom. The molecule has 0 atom stereocenters. The number of nitrogens with one attached hydrogen (secondary N) is 4. The Balaban J connectivity index is 2.26. The summed E-state index contributed by atoms with van der Waals surface area (Å²) in [5.41, 5.74) is 3.01. The van der Waals surface area contributed by atoms with E-state index in [1.54, 1.807) is 19.2 Å². The van der Waals surface area contributed by atoms with Crippen molar-refractivity contribution < 1.29 is 4.39 Å². The van der Waals surface area contributed by atoms with E-state index in [1.165, 1.54) is 18.3 Å². The Hall–Kier alpha value is -2.51. The van der Waals surface area contributed by atoms with Gasteiger partial charge in [0.15, 0.2) is 0 Å². The molecule has 0 unspecified atom stereocenters. The number of rotatable bonds is 9. The molecule has 1 aromatic carbocycles. The van der Waals surface area contributed by atoms with Gasteiger partial charge in [-0.15, -0.1) is 0 Å². The molecule has 1 heterocycles. The Morgan fingerprint density at radius 3 is 2.56 bits per heavy atom. The van der Waals surface area contributed by atoms with Crippen LogP contribution >= 0.6 is 0 Å². The van der Waals surface area contributed by atoms with Crippen LogP contribution < -0.4 is 16.0 Å². The van der Waals surface area contributed by atoms with Crippen molar-refractivity contribution in [3.63, 3.8) is 0 Å². The van der Waals surface area contributed by atoms with E-state index in [0.717, 1.165) is 30.2 Å². The molecular formula is C18H25FN6. The van der Waals surface area contributed by atoms with Gasteiger partial charge in [-0.2, -0.15) is 0 Å². The predicted molar refractivity (Wildman–Crippen MR) is 102 cm³/mol. The zero-order valence-electron chi connectivity index (χ0n) is 14.9. The van der Waals surface area contributed by atoms with Crippen molar-refractivity contribution in [2.75, 3.05) is 44.9 Å². The lowest BCUT2D eigenvalue weighted by atomic mass is 10.1. The van der Waals surface area contributed by atoms with Gasteiger partial charge in [0.25, 0.3) is 0 Å². The third-order valence-corrected chi connectivity index (χ3v) is 3.68. The van der Waals surface area contributed by atoms with Gasteiger partial charge in [0.05, 0.1) is 11.4 Å². The smallest absolute Gasteiger partial charge is 0.126 e. The monoisotopic (exact) mass is 344 g/mol. The van der Waals surface area contributed by atoms with E-state index in [-0.39, 0.29) is 5.82 Å². The van der Waals surface area contributed by atoms with Gasteiger partial charge in [-0.1, -0.05) is 0 Å².